The molecule has 1 aromatic carbocycles. The van der Waals surface area contributed by atoms with Gasteiger partial charge in [0.2, 0.25) is 5.25 Å². The van der Waals surface area contributed by atoms with E-state index in [1.165, 1.54) is 12.1 Å². The minimum atomic E-state index is -1.72. The number of carboxylic acids is 2. The molecule has 7 nitrogen and oxygen atoms in total. The average molecular weight is 295 g/mol. The number of hydrogen-bond donors (Lipinski definition) is 2. The fraction of sp³-hybridized carbons (Fsp3) is 0.167. The molecule has 20 heavy (non-hydrogen) atoms. The number of fused-ring (bicyclic) bond motifs is 1. The Labute approximate surface area is 117 Å². The Hall–Kier alpha value is -2.35. The first-order valence-electron chi connectivity index (χ1n) is 5.46. The Bertz CT molecular complexity index is 565. The lowest BCUT2D eigenvalue weighted by atomic mass is 10.1. The van der Waals surface area contributed by atoms with E-state index in [1.807, 2.05) is 0 Å². The highest BCUT2D eigenvalue weighted by atomic mass is 32.2. The van der Waals surface area contributed by atoms with Gasteiger partial charge in [-0.3, -0.25) is 24.1 Å². The van der Waals surface area contributed by atoms with Gasteiger partial charge in [-0.2, -0.15) is 0 Å². The fourth-order valence-corrected chi connectivity index (χ4v) is 2.57. The summed E-state index contributed by atoms with van der Waals surface area (Å²) >= 11 is 0.498. The number of amides is 2. The molecule has 1 aromatic rings. The monoisotopic (exact) mass is 295 g/mol. The largest absolute Gasteiger partial charge is 0.480 e. The van der Waals surface area contributed by atoms with Crippen LogP contribution in [-0.4, -0.2) is 50.0 Å². The molecule has 0 radical (unpaired) electrons. The summed E-state index contributed by atoms with van der Waals surface area (Å²) in [5, 5.41) is 15.7. The predicted molar refractivity (Wildman–Crippen MR) is 68.5 cm³/mol. The molecule has 0 saturated carbocycles. The van der Waals surface area contributed by atoms with Crippen molar-refractivity contribution in [3.05, 3.63) is 35.4 Å². The lowest BCUT2D eigenvalue weighted by molar-refractivity contribution is -0.146. The second-order valence-corrected chi connectivity index (χ2v) is 5.00. The van der Waals surface area contributed by atoms with Crippen molar-refractivity contribution in [2.75, 3.05) is 5.88 Å². The number of benzene rings is 1. The standard InChI is InChI=1S/C12H9NO6S/c14-9-6-3-1-2-4-7(6)10(15)13(9)5-20-8(11(16)17)12(18)19/h1-4,8H,5H2,(H,16,17)(H,18,19). The Morgan fingerprint density at radius 1 is 1.05 bits per heavy atom. The molecule has 1 aliphatic rings. The van der Waals surface area contributed by atoms with Crippen LogP contribution in [0, 0.1) is 0 Å². The van der Waals surface area contributed by atoms with Crippen LogP contribution in [0.3, 0.4) is 0 Å². The summed E-state index contributed by atoms with van der Waals surface area (Å²) in [6.45, 7) is 0. The van der Waals surface area contributed by atoms with Gasteiger partial charge >= 0.3 is 11.9 Å². The van der Waals surface area contributed by atoms with Crippen LogP contribution in [-0.2, 0) is 9.59 Å². The van der Waals surface area contributed by atoms with Crippen molar-refractivity contribution >= 4 is 35.5 Å². The van der Waals surface area contributed by atoms with Crippen molar-refractivity contribution in [2.45, 2.75) is 5.25 Å². The second kappa shape index (κ2) is 5.33. The molecule has 1 heterocycles. The van der Waals surface area contributed by atoms with Crippen molar-refractivity contribution in [3.63, 3.8) is 0 Å². The zero-order chi connectivity index (χ0) is 14.9. The maximum Gasteiger partial charge on any atom is 0.328 e. The summed E-state index contributed by atoms with van der Waals surface area (Å²) in [6, 6.07) is 6.20. The number of thioether (sulfide) groups is 1. The number of nitrogens with zero attached hydrogens (tertiary/aromatic N) is 1. The van der Waals surface area contributed by atoms with Gasteiger partial charge in [-0.1, -0.05) is 12.1 Å². The van der Waals surface area contributed by atoms with E-state index in [1.54, 1.807) is 12.1 Å². The summed E-state index contributed by atoms with van der Waals surface area (Å²) in [6.07, 6.45) is 0. The number of hydrogen-bond acceptors (Lipinski definition) is 5. The Balaban J connectivity index is 2.13. The van der Waals surface area contributed by atoms with E-state index in [2.05, 4.69) is 0 Å². The smallest absolute Gasteiger partial charge is 0.328 e. The molecule has 0 aliphatic carbocycles. The van der Waals surface area contributed by atoms with Gasteiger partial charge in [0.1, 0.15) is 0 Å². The highest BCUT2D eigenvalue weighted by molar-refractivity contribution is 8.01. The number of carbonyl (C=O) groups is 4. The summed E-state index contributed by atoms with van der Waals surface area (Å²) in [5.41, 5.74) is 0.473. The minimum Gasteiger partial charge on any atom is -0.480 e. The molecule has 0 aromatic heterocycles. The van der Waals surface area contributed by atoms with E-state index in [0.717, 1.165) is 4.90 Å². The highest BCUT2D eigenvalue weighted by Gasteiger charge is 2.37. The lowest BCUT2D eigenvalue weighted by Crippen LogP contribution is -2.33. The summed E-state index contributed by atoms with van der Waals surface area (Å²) in [5.74, 6) is -4.48. The van der Waals surface area contributed by atoms with Crippen molar-refractivity contribution in [1.29, 1.82) is 0 Å². The third-order valence-electron chi connectivity index (χ3n) is 2.70. The lowest BCUT2D eigenvalue weighted by Gasteiger charge is -2.14. The first-order chi connectivity index (χ1) is 9.43. The highest BCUT2D eigenvalue weighted by Crippen LogP contribution is 2.25. The third-order valence-corrected chi connectivity index (χ3v) is 3.84. The van der Waals surface area contributed by atoms with E-state index in [4.69, 9.17) is 10.2 Å². The number of carbonyl (C=O) groups excluding carboxylic acids is 2. The van der Waals surface area contributed by atoms with Crippen LogP contribution in [0.1, 0.15) is 20.7 Å². The Kier molecular flexibility index (Phi) is 3.75. The van der Waals surface area contributed by atoms with Gasteiger partial charge in [-0.25, -0.2) is 0 Å². The molecule has 8 heteroatoms. The Morgan fingerprint density at radius 3 is 1.90 bits per heavy atom. The van der Waals surface area contributed by atoms with Crippen molar-refractivity contribution in [3.8, 4) is 0 Å². The van der Waals surface area contributed by atoms with Crippen LogP contribution in [0.4, 0.5) is 0 Å². The molecule has 104 valence electrons. The molecule has 1 aliphatic heterocycles. The predicted octanol–water partition coefficient (Wildman–Crippen LogP) is 0.511. The minimum absolute atomic E-state index is 0.236. The van der Waals surface area contributed by atoms with Crippen LogP contribution in [0.25, 0.3) is 0 Å². The van der Waals surface area contributed by atoms with Gasteiger partial charge in [0, 0.05) is 0 Å². The van der Waals surface area contributed by atoms with E-state index in [0.29, 0.717) is 11.8 Å². The molecule has 2 amide bonds. The second-order valence-electron chi connectivity index (χ2n) is 3.94. The van der Waals surface area contributed by atoms with Gasteiger partial charge in [0.05, 0.1) is 17.0 Å². The molecule has 2 rings (SSSR count). The van der Waals surface area contributed by atoms with Crippen LogP contribution in [0.2, 0.25) is 0 Å². The molecule has 0 fully saturated rings. The average Bonchev–Trinajstić information content (AvgIpc) is 2.63. The third kappa shape index (κ3) is 2.37. The molecule has 0 atom stereocenters. The van der Waals surface area contributed by atoms with Crippen molar-refractivity contribution in [2.24, 2.45) is 0 Å². The molecule has 0 unspecified atom stereocenters. The molecule has 0 saturated heterocycles. The SMILES string of the molecule is O=C(O)C(SCN1C(=O)c2ccccc2C1=O)C(=O)O. The van der Waals surface area contributed by atoms with Gasteiger partial charge in [-0.15, -0.1) is 11.8 Å². The van der Waals surface area contributed by atoms with Gasteiger partial charge in [-0.05, 0) is 12.1 Å². The number of imide groups is 1. The van der Waals surface area contributed by atoms with Crippen molar-refractivity contribution < 1.29 is 29.4 Å². The zero-order valence-electron chi connectivity index (χ0n) is 9.98. The van der Waals surface area contributed by atoms with Crippen LogP contribution >= 0.6 is 11.8 Å². The molecular weight excluding hydrogens is 286 g/mol. The van der Waals surface area contributed by atoms with E-state index in [-0.39, 0.29) is 17.0 Å². The maximum absolute atomic E-state index is 12.0. The first-order valence-corrected chi connectivity index (χ1v) is 6.50. The van der Waals surface area contributed by atoms with Gasteiger partial charge in [0.25, 0.3) is 11.8 Å². The zero-order valence-corrected chi connectivity index (χ0v) is 10.8. The fourth-order valence-electron chi connectivity index (χ4n) is 1.75. The molecule has 0 bridgehead atoms. The summed E-state index contributed by atoms with van der Waals surface area (Å²) in [4.78, 5) is 46.2. The van der Waals surface area contributed by atoms with Crippen molar-refractivity contribution in [1.82, 2.24) is 4.90 Å². The summed E-state index contributed by atoms with van der Waals surface area (Å²) < 4.78 is 0. The number of carboxylic acid groups (broad SMARTS) is 2. The molecule has 2 N–H and O–H groups in total. The number of aliphatic carboxylic acids is 2. The Morgan fingerprint density at radius 2 is 1.50 bits per heavy atom. The quantitative estimate of drug-likeness (QED) is 0.601. The van der Waals surface area contributed by atoms with E-state index < -0.39 is 29.0 Å². The summed E-state index contributed by atoms with van der Waals surface area (Å²) in [7, 11) is 0. The van der Waals surface area contributed by atoms with E-state index in [9.17, 15) is 19.2 Å². The molecule has 0 spiro atoms. The van der Waals surface area contributed by atoms with Crippen LogP contribution in [0.5, 0.6) is 0 Å². The van der Waals surface area contributed by atoms with Crippen LogP contribution < -0.4 is 0 Å². The van der Waals surface area contributed by atoms with Gasteiger partial charge in [0.15, 0.2) is 0 Å². The van der Waals surface area contributed by atoms with Crippen LogP contribution in [0.15, 0.2) is 24.3 Å². The first kappa shape index (κ1) is 14.1. The maximum atomic E-state index is 12.0. The van der Waals surface area contributed by atoms with E-state index >= 15 is 0 Å². The number of rotatable bonds is 5. The molecular formula is C12H9NO6S. The van der Waals surface area contributed by atoms with Gasteiger partial charge < -0.3 is 10.2 Å². The normalized spacial score (nSPS) is 13.8. The topological polar surface area (TPSA) is 112 Å².